The summed E-state index contributed by atoms with van der Waals surface area (Å²) in [6.45, 7) is 6.33. The molecule has 34 heavy (non-hydrogen) atoms. The zero-order valence-electron chi connectivity index (χ0n) is 20.2. The van der Waals surface area contributed by atoms with Crippen molar-refractivity contribution >= 4 is 11.8 Å². The SMILES string of the molecule is CC[C@H](C(=O)N1CCC(COc2ccccc2)(CC(=O)N2CCOCC2)CC1)c1ccccc1. The summed E-state index contributed by atoms with van der Waals surface area (Å²) in [6.07, 6.45) is 2.73. The van der Waals surface area contributed by atoms with Gasteiger partial charge in [0.15, 0.2) is 0 Å². The van der Waals surface area contributed by atoms with E-state index in [0.29, 0.717) is 52.4 Å². The first kappa shape index (κ1) is 24.3. The van der Waals surface area contributed by atoms with Gasteiger partial charge in [0.1, 0.15) is 5.75 Å². The lowest BCUT2D eigenvalue weighted by Gasteiger charge is -2.43. The molecule has 6 nitrogen and oxygen atoms in total. The number of ether oxygens (including phenoxy) is 2. The number of likely N-dealkylation sites (tertiary alicyclic amines) is 1. The predicted octanol–water partition coefficient (Wildman–Crippen LogP) is 4.12. The molecule has 2 heterocycles. The fourth-order valence-corrected chi connectivity index (χ4v) is 5.03. The van der Waals surface area contributed by atoms with Gasteiger partial charge in [0.2, 0.25) is 11.8 Å². The van der Waals surface area contributed by atoms with Crippen LogP contribution < -0.4 is 4.74 Å². The third-order valence-electron chi connectivity index (χ3n) is 7.22. The van der Waals surface area contributed by atoms with E-state index in [0.717, 1.165) is 30.6 Å². The Kier molecular flexibility index (Phi) is 8.22. The first-order valence-corrected chi connectivity index (χ1v) is 12.5. The second kappa shape index (κ2) is 11.5. The normalized spacial score (nSPS) is 18.9. The first-order chi connectivity index (χ1) is 16.6. The number of rotatable bonds is 8. The molecule has 2 amide bonds. The van der Waals surface area contributed by atoms with Crippen molar-refractivity contribution in [2.24, 2.45) is 5.41 Å². The average molecular weight is 465 g/mol. The molecular formula is C28H36N2O4. The summed E-state index contributed by atoms with van der Waals surface area (Å²) in [6, 6.07) is 19.8. The van der Waals surface area contributed by atoms with Crippen molar-refractivity contribution in [1.82, 2.24) is 9.80 Å². The maximum absolute atomic E-state index is 13.4. The van der Waals surface area contributed by atoms with Crippen molar-refractivity contribution in [3.05, 3.63) is 66.2 Å². The second-order valence-corrected chi connectivity index (χ2v) is 9.47. The number of para-hydroxylation sites is 1. The molecule has 6 heteroatoms. The molecule has 0 unspecified atom stereocenters. The molecule has 2 aromatic carbocycles. The van der Waals surface area contributed by atoms with Gasteiger partial charge >= 0.3 is 0 Å². The molecule has 0 aliphatic carbocycles. The number of morpholine rings is 1. The average Bonchev–Trinajstić information content (AvgIpc) is 2.90. The lowest BCUT2D eigenvalue weighted by molar-refractivity contribution is -0.141. The minimum atomic E-state index is -0.281. The monoisotopic (exact) mass is 464 g/mol. The van der Waals surface area contributed by atoms with Gasteiger partial charge in [-0.15, -0.1) is 0 Å². The lowest BCUT2D eigenvalue weighted by Crippen LogP contribution is -2.50. The summed E-state index contributed by atoms with van der Waals surface area (Å²) in [5.74, 6) is 1.04. The number of amides is 2. The van der Waals surface area contributed by atoms with Crippen LogP contribution in [0.15, 0.2) is 60.7 Å². The van der Waals surface area contributed by atoms with E-state index in [1.807, 2.05) is 70.5 Å². The molecule has 2 aliphatic heterocycles. The van der Waals surface area contributed by atoms with Crippen LogP contribution in [0.5, 0.6) is 5.75 Å². The topological polar surface area (TPSA) is 59.1 Å². The van der Waals surface area contributed by atoms with Crippen molar-refractivity contribution < 1.29 is 19.1 Å². The van der Waals surface area contributed by atoms with E-state index in [9.17, 15) is 9.59 Å². The van der Waals surface area contributed by atoms with E-state index < -0.39 is 0 Å². The number of hydrogen-bond donors (Lipinski definition) is 0. The van der Waals surface area contributed by atoms with Crippen LogP contribution >= 0.6 is 0 Å². The molecule has 0 spiro atoms. The minimum absolute atomic E-state index is 0.121. The van der Waals surface area contributed by atoms with E-state index in [-0.39, 0.29) is 23.1 Å². The van der Waals surface area contributed by atoms with Crippen molar-refractivity contribution in [2.75, 3.05) is 46.0 Å². The van der Waals surface area contributed by atoms with Gasteiger partial charge < -0.3 is 19.3 Å². The number of nitrogens with zero attached hydrogens (tertiary/aromatic N) is 2. The number of piperidine rings is 1. The summed E-state index contributed by atoms with van der Waals surface area (Å²) >= 11 is 0. The summed E-state index contributed by atoms with van der Waals surface area (Å²) in [4.78, 5) is 30.5. The molecule has 0 bridgehead atoms. The Morgan fingerprint density at radius 1 is 0.912 bits per heavy atom. The summed E-state index contributed by atoms with van der Waals surface area (Å²) in [7, 11) is 0. The van der Waals surface area contributed by atoms with E-state index in [2.05, 4.69) is 6.92 Å². The van der Waals surface area contributed by atoms with Gasteiger partial charge in [-0.3, -0.25) is 9.59 Å². The van der Waals surface area contributed by atoms with Gasteiger partial charge in [0.25, 0.3) is 0 Å². The Bertz CT molecular complexity index is 920. The number of hydrogen-bond acceptors (Lipinski definition) is 4. The van der Waals surface area contributed by atoms with Crippen molar-refractivity contribution in [3.8, 4) is 5.75 Å². The van der Waals surface area contributed by atoms with Crippen LogP contribution in [0.2, 0.25) is 0 Å². The zero-order valence-corrected chi connectivity index (χ0v) is 20.2. The fourth-order valence-electron chi connectivity index (χ4n) is 5.03. The van der Waals surface area contributed by atoms with Crippen LogP contribution in [0.4, 0.5) is 0 Å². The molecule has 0 N–H and O–H groups in total. The minimum Gasteiger partial charge on any atom is -0.493 e. The Morgan fingerprint density at radius 3 is 2.15 bits per heavy atom. The van der Waals surface area contributed by atoms with Crippen LogP contribution in [-0.4, -0.2) is 67.6 Å². The van der Waals surface area contributed by atoms with Crippen molar-refractivity contribution in [3.63, 3.8) is 0 Å². The Balaban J connectivity index is 1.44. The number of carbonyl (C=O) groups excluding carboxylic acids is 2. The highest BCUT2D eigenvalue weighted by molar-refractivity contribution is 5.84. The molecular weight excluding hydrogens is 428 g/mol. The van der Waals surface area contributed by atoms with E-state index in [1.54, 1.807) is 0 Å². The number of benzene rings is 2. The lowest BCUT2D eigenvalue weighted by atomic mass is 9.75. The summed E-state index contributed by atoms with van der Waals surface area (Å²) in [5, 5.41) is 0. The van der Waals surface area contributed by atoms with Crippen molar-refractivity contribution in [1.29, 1.82) is 0 Å². The van der Waals surface area contributed by atoms with Gasteiger partial charge in [-0.2, -0.15) is 0 Å². The van der Waals surface area contributed by atoms with Gasteiger partial charge in [-0.1, -0.05) is 55.5 Å². The fraction of sp³-hybridized carbons (Fsp3) is 0.500. The molecule has 2 saturated heterocycles. The maximum Gasteiger partial charge on any atom is 0.230 e. The third-order valence-corrected chi connectivity index (χ3v) is 7.22. The third kappa shape index (κ3) is 5.98. The highest BCUT2D eigenvalue weighted by atomic mass is 16.5. The largest absolute Gasteiger partial charge is 0.493 e. The van der Waals surface area contributed by atoms with E-state index >= 15 is 0 Å². The molecule has 4 rings (SSSR count). The smallest absolute Gasteiger partial charge is 0.230 e. The molecule has 2 fully saturated rings. The van der Waals surface area contributed by atoms with Crippen LogP contribution in [0.3, 0.4) is 0 Å². The molecule has 2 aromatic rings. The second-order valence-electron chi connectivity index (χ2n) is 9.47. The van der Waals surface area contributed by atoms with Crippen LogP contribution in [0, 0.1) is 5.41 Å². The Hall–Kier alpha value is -2.86. The summed E-state index contributed by atoms with van der Waals surface area (Å²) in [5.41, 5.74) is 0.790. The van der Waals surface area contributed by atoms with Gasteiger partial charge in [0.05, 0.1) is 25.7 Å². The van der Waals surface area contributed by atoms with Crippen LogP contribution in [-0.2, 0) is 14.3 Å². The summed E-state index contributed by atoms with van der Waals surface area (Å²) < 4.78 is 11.6. The molecule has 182 valence electrons. The van der Waals surface area contributed by atoms with Gasteiger partial charge in [-0.25, -0.2) is 0 Å². The highest BCUT2D eigenvalue weighted by Gasteiger charge is 2.40. The van der Waals surface area contributed by atoms with Crippen molar-refractivity contribution in [2.45, 2.75) is 38.5 Å². The molecule has 0 aromatic heterocycles. The van der Waals surface area contributed by atoms with Crippen LogP contribution in [0.1, 0.15) is 44.1 Å². The molecule has 2 aliphatic rings. The van der Waals surface area contributed by atoms with Gasteiger partial charge in [-0.05, 0) is 37.0 Å². The molecule has 0 saturated carbocycles. The van der Waals surface area contributed by atoms with Gasteiger partial charge in [0, 0.05) is 38.0 Å². The zero-order chi connectivity index (χ0) is 23.8. The Labute approximate surface area is 202 Å². The molecule has 1 atom stereocenters. The van der Waals surface area contributed by atoms with E-state index in [4.69, 9.17) is 9.47 Å². The Morgan fingerprint density at radius 2 is 1.53 bits per heavy atom. The van der Waals surface area contributed by atoms with Crippen LogP contribution in [0.25, 0.3) is 0 Å². The standard InChI is InChI=1S/C28H36N2O4/c1-2-25(23-9-5-3-6-10-23)27(32)30-15-13-28(14-16-30,22-34-24-11-7-4-8-12-24)21-26(31)29-17-19-33-20-18-29/h3-12,25H,2,13-22H2,1H3/t25-/m0/s1. The highest BCUT2D eigenvalue weighted by Crippen LogP contribution is 2.38. The quantitative estimate of drug-likeness (QED) is 0.590. The maximum atomic E-state index is 13.4. The first-order valence-electron chi connectivity index (χ1n) is 12.5. The molecule has 0 radical (unpaired) electrons. The predicted molar refractivity (Wildman–Crippen MR) is 132 cm³/mol. The number of carbonyl (C=O) groups is 2. The van der Waals surface area contributed by atoms with E-state index in [1.165, 1.54) is 0 Å².